The molecule has 0 aliphatic carbocycles. The molecule has 0 N–H and O–H groups in total. The Hall–Kier alpha value is -4.47. The van der Waals surface area contributed by atoms with Crippen molar-refractivity contribution in [3.63, 3.8) is 0 Å². The van der Waals surface area contributed by atoms with Gasteiger partial charge in [-0.05, 0) is 61.0 Å². The van der Waals surface area contributed by atoms with E-state index in [1.807, 2.05) is 49.4 Å². The molecule has 3 unspecified atom stereocenters. The Morgan fingerprint density at radius 1 is 0.718 bits per heavy atom. The Morgan fingerprint density at radius 2 is 1.33 bits per heavy atom. The summed E-state index contributed by atoms with van der Waals surface area (Å²) >= 11 is 0. The van der Waals surface area contributed by atoms with Crippen LogP contribution in [0.2, 0.25) is 0 Å². The minimum atomic E-state index is -4.01. The van der Waals surface area contributed by atoms with Gasteiger partial charge in [0.15, 0.2) is 6.10 Å². The molecule has 8 nitrogen and oxygen atoms in total. The molecule has 196 valence electrons. The smallest absolute Gasteiger partial charge is 0.339 e. The van der Waals surface area contributed by atoms with Gasteiger partial charge in [-0.2, -0.15) is 8.42 Å². The summed E-state index contributed by atoms with van der Waals surface area (Å²) in [5.74, 6) is -1.46. The summed E-state index contributed by atoms with van der Waals surface area (Å²) in [6, 6.07) is 30.1. The normalized spacial score (nSPS) is 20.8. The zero-order valence-electron chi connectivity index (χ0n) is 20.9. The Labute approximate surface area is 226 Å². The molecule has 2 heterocycles. The monoisotopic (exact) mass is 540 g/mol. The van der Waals surface area contributed by atoms with E-state index in [1.54, 1.807) is 47.5 Å². The maximum atomic E-state index is 13.7. The minimum Gasteiger partial charge on any atom is -0.379 e. The van der Waals surface area contributed by atoms with Gasteiger partial charge in [-0.15, -0.1) is 0 Å². The zero-order valence-corrected chi connectivity index (χ0v) is 21.7. The largest absolute Gasteiger partial charge is 0.379 e. The summed E-state index contributed by atoms with van der Waals surface area (Å²) in [5.41, 5.74) is 2.86. The first-order valence-corrected chi connectivity index (χ1v) is 13.8. The Kier molecular flexibility index (Phi) is 6.17. The first-order valence-electron chi connectivity index (χ1n) is 12.4. The van der Waals surface area contributed by atoms with Crippen LogP contribution in [0.1, 0.15) is 17.2 Å². The lowest BCUT2D eigenvalue weighted by Crippen LogP contribution is -2.37. The van der Waals surface area contributed by atoms with Crippen LogP contribution >= 0.6 is 0 Å². The topological polar surface area (TPSA) is 93.2 Å². The van der Waals surface area contributed by atoms with E-state index in [4.69, 9.17) is 9.02 Å². The van der Waals surface area contributed by atoms with Gasteiger partial charge in [-0.3, -0.25) is 14.4 Å². The zero-order chi connectivity index (χ0) is 27.1. The number of para-hydroxylation sites is 1. The predicted molar refractivity (Wildman–Crippen MR) is 144 cm³/mol. The quantitative estimate of drug-likeness (QED) is 0.256. The molecule has 39 heavy (non-hydrogen) atoms. The summed E-state index contributed by atoms with van der Waals surface area (Å²) in [6.45, 7) is 1.93. The molecule has 4 aromatic carbocycles. The maximum absolute atomic E-state index is 13.7. The van der Waals surface area contributed by atoms with Crippen molar-refractivity contribution < 1.29 is 27.0 Å². The second-order valence-electron chi connectivity index (χ2n) is 9.42. The molecule has 0 spiro atoms. The lowest BCUT2D eigenvalue weighted by molar-refractivity contribution is -0.126. The number of benzene rings is 4. The molecule has 6 rings (SSSR count). The number of nitrogens with zero attached hydrogens (tertiary/aromatic N) is 2. The lowest BCUT2D eigenvalue weighted by Gasteiger charge is -2.28. The summed E-state index contributed by atoms with van der Waals surface area (Å²) in [6.07, 6.45) is -1.00. The van der Waals surface area contributed by atoms with E-state index < -0.39 is 34.1 Å². The average molecular weight is 541 g/mol. The van der Waals surface area contributed by atoms with Crippen molar-refractivity contribution in [2.45, 2.75) is 24.0 Å². The van der Waals surface area contributed by atoms with Crippen LogP contribution in [-0.2, 0) is 24.5 Å². The molecule has 2 fully saturated rings. The first kappa shape index (κ1) is 24.8. The van der Waals surface area contributed by atoms with Gasteiger partial charge in [0.05, 0.1) is 17.4 Å². The lowest BCUT2D eigenvalue weighted by atomic mass is 9.90. The standard InChI is InChI=1S/C30H24N2O6S/c1-20-12-16-22(17-13-20)31-29(33)26-27(32(37-28(26)30(31)34)23-8-4-2-5-9-23)21-14-18-24(19-15-21)38-39(35,36)25-10-6-3-7-11-25/h2-19,26-28H,1H3. The third kappa shape index (κ3) is 4.45. The second-order valence-corrected chi connectivity index (χ2v) is 11.0. The van der Waals surface area contributed by atoms with Gasteiger partial charge in [0.1, 0.15) is 16.6 Å². The van der Waals surface area contributed by atoms with Crippen molar-refractivity contribution in [1.29, 1.82) is 0 Å². The Morgan fingerprint density at radius 3 is 1.97 bits per heavy atom. The molecule has 0 bridgehead atoms. The molecule has 2 saturated heterocycles. The fourth-order valence-corrected chi connectivity index (χ4v) is 5.93. The van der Waals surface area contributed by atoms with E-state index in [0.717, 1.165) is 5.56 Å². The van der Waals surface area contributed by atoms with Crippen LogP contribution in [0, 0.1) is 12.8 Å². The van der Waals surface area contributed by atoms with E-state index in [2.05, 4.69) is 0 Å². The van der Waals surface area contributed by atoms with Crippen LogP contribution in [0.5, 0.6) is 5.75 Å². The summed E-state index contributed by atoms with van der Waals surface area (Å²) in [7, 11) is -4.01. The van der Waals surface area contributed by atoms with Gasteiger partial charge in [0.2, 0.25) is 5.91 Å². The van der Waals surface area contributed by atoms with Gasteiger partial charge in [0, 0.05) is 0 Å². The van der Waals surface area contributed by atoms with Gasteiger partial charge in [0.25, 0.3) is 5.91 Å². The number of rotatable bonds is 6. The number of amides is 2. The summed E-state index contributed by atoms with van der Waals surface area (Å²) in [4.78, 5) is 34.6. The van der Waals surface area contributed by atoms with E-state index in [1.165, 1.54) is 29.2 Å². The van der Waals surface area contributed by atoms with Gasteiger partial charge in [-0.1, -0.05) is 66.2 Å². The highest BCUT2D eigenvalue weighted by Crippen LogP contribution is 2.47. The van der Waals surface area contributed by atoms with E-state index in [0.29, 0.717) is 16.9 Å². The summed E-state index contributed by atoms with van der Waals surface area (Å²) < 4.78 is 30.6. The number of carbonyl (C=O) groups is 2. The molecule has 3 atom stereocenters. The predicted octanol–water partition coefficient (Wildman–Crippen LogP) is 4.81. The van der Waals surface area contributed by atoms with E-state index >= 15 is 0 Å². The van der Waals surface area contributed by atoms with Crippen molar-refractivity contribution in [3.05, 3.63) is 120 Å². The third-order valence-electron chi connectivity index (χ3n) is 6.88. The maximum Gasteiger partial charge on any atom is 0.339 e. The molecule has 9 heteroatoms. The van der Waals surface area contributed by atoms with Crippen molar-refractivity contribution in [2.24, 2.45) is 5.92 Å². The highest BCUT2D eigenvalue weighted by molar-refractivity contribution is 7.87. The molecule has 2 amide bonds. The Balaban J connectivity index is 1.34. The van der Waals surface area contributed by atoms with E-state index in [-0.39, 0.29) is 16.6 Å². The number of imide groups is 1. The van der Waals surface area contributed by atoms with Crippen LogP contribution in [0.15, 0.2) is 114 Å². The molecule has 0 aromatic heterocycles. The van der Waals surface area contributed by atoms with Gasteiger partial charge in [-0.25, -0.2) is 9.96 Å². The second kappa shape index (κ2) is 9.68. The fourth-order valence-electron chi connectivity index (χ4n) is 4.98. The van der Waals surface area contributed by atoms with Gasteiger partial charge < -0.3 is 4.18 Å². The first-order chi connectivity index (χ1) is 18.8. The van der Waals surface area contributed by atoms with Crippen molar-refractivity contribution in [2.75, 3.05) is 9.96 Å². The summed E-state index contributed by atoms with van der Waals surface area (Å²) in [5, 5.41) is 1.59. The number of hydrogen-bond acceptors (Lipinski definition) is 7. The Bertz CT molecular complexity index is 1620. The minimum absolute atomic E-state index is 0.0441. The molecule has 2 aliphatic heterocycles. The number of fused-ring (bicyclic) bond motifs is 1. The van der Waals surface area contributed by atoms with Crippen LogP contribution < -0.4 is 14.1 Å². The number of carbonyl (C=O) groups excluding carboxylic acids is 2. The molecular formula is C30H24N2O6S. The SMILES string of the molecule is Cc1ccc(N2C(=O)C3ON(c4ccccc4)C(c4ccc(OS(=O)(=O)c5ccccc5)cc4)C3C2=O)cc1. The van der Waals surface area contributed by atoms with Crippen molar-refractivity contribution in [3.8, 4) is 5.75 Å². The molecular weight excluding hydrogens is 516 g/mol. The van der Waals surface area contributed by atoms with Crippen LogP contribution in [0.3, 0.4) is 0 Å². The molecule has 0 saturated carbocycles. The molecule has 0 radical (unpaired) electrons. The van der Waals surface area contributed by atoms with Crippen molar-refractivity contribution >= 4 is 33.3 Å². The number of anilines is 2. The highest BCUT2D eigenvalue weighted by atomic mass is 32.2. The van der Waals surface area contributed by atoms with Gasteiger partial charge >= 0.3 is 10.1 Å². The highest BCUT2D eigenvalue weighted by Gasteiger charge is 2.60. The van der Waals surface area contributed by atoms with Crippen LogP contribution in [0.25, 0.3) is 0 Å². The van der Waals surface area contributed by atoms with Crippen LogP contribution in [-0.4, -0.2) is 26.3 Å². The number of hydroxylamine groups is 1. The fraction of sp³-hybridized carbons (Fsp3) is 0.133. The number of aryl methyl sites for hydroxylation is 1. The number of hydrogen-bond donors (Lipinski definition) is 0. The molecule has 2 aliphatic rings. The third-order valence-corrected chi connectivity index (χ3v) is 8.14. The van der Waals surface area contributed by atoms with E-state index in [9.17, 15) is 18.0 Å². The van der Waals surface area contributed by atoms with Crippen molar-refractivity contribution in [1.82, 2.24) is 0 Å². The van der Waals surface area contributed by atoms with Crippen LogP contribution in [0.4, 0.5) is 11.4 Å². The molecule has 4 aromatic rings. The average Bonchev–Trinajstić information content (AvgIpc) is 3.46.